The van der Waals surface area contributed by atoms with E-state index in [1.54, 1.807) is 13.0 Å². The molecule has 0 atom stereocenters. The number of rotatable bonds is 9. The van der Waals surface area contributed by atoms with Gasteiger partial charge in [-0.3, -0.25) is 4.79 Å². The largest absolute Gasteiger partial charge is 0.493 e. The molecule has 0 aliphatic carbocycles. The Kier molecular flexibility index (Phi) is 8.20. The fraction of sp³-hybridized carbons (Fsp3) is 0.421. The zero-order valence-corrected chi connectivity index (χ0v) is 17.5. The fourth-order valence-corrected chi connectivity index (χ4v) is 3.58. The summed E-state index contributed by atoms with van der Waals surface area (Å²) >= 11 is 1.23. The SMILES string of the molecule is CCOC(=O)/C=C1\SCC(=O)N1CCOC(=O)c1ccc(OC)c(OC)c1OC. The summed E-state index contributed by atoms with van der Waals surface area (Å²) in [6, 6.07) is 3.07. The second kappa shape index (κ2) is 10.6. The van der Waals surface area contributed by atoms with Crippen molar-refractivity contribution in [1.29, 1.82) is 0 Å². The van der Waals surface area contributed by atoms with E-state index in [1.807, 2.05) is 0 Å². The van der Waals surface area contributed by atoms with E-state index in [4.69, 9.17) is 23.7 Å². The Morgan fingerprint density at radius 2 is 1.83 bits per heavy atom. The minimum Gasteiger partial charge on any atom is -0.493 e. The molecule has 29 heavy (non-hydrogen) atoms. The second-order valence-corrected chi connectivity index (χ2v) is 6.58. The van der Waals surface area contributed by atoms with Gasteiger partial charge in [0.1, 0.15) is 12.2 Å². The van der Waals surface area contributed by atoms with E-state index in [9.17, 15) is 14.4 Å². The Hall–Kier alpha value is -2.88. The molecule has 1 aromatic rings. The Morgan fingerprint density at radius 3 is 2.45 bits per heavy atom. The predicted octanol–water partition coefficient (Wildman–Crippen LogP) is 1.85. The van der Waals surface area contributed by atoms with Gasteiger partial charge in [0.25, 0.3) is 0 Å². The lowest BCUT2D eigenvalue weighted by Gasteiger charge is -2.18. The summed E-state index contributed by atoms with van der Waals surface area (Å²) in [4.78, 5) is 37.6. The van der Waals surface area contributed by atoms with Crippen LogP contribution in [0.15, 0.2) is 23.2 Å². The number of carbonyl (C=O) groups is 3. The maximum absolute atomic E-state index is 12.5. The molecule has 1 amide bonds. The van der Waals surface area contributed by atoms with E-state index in [0.29, 0.717) is 10.8 Å². The molecule has 1 fully saturated rings. The Bertz CT molecular complexity index is 808. The lowest BCUT2D eigenvalue weighted by atomic mass is 10.1. The first-order valence-corrected chi connectivity index (χ1v) is 9.73. The van der Waals surface area contributed by atoms with Gasteiger partial charge in [0.05, 0.1) is 51.3 Å². The lowest BCUT2D eigenvalue weighted by Crippen LogP contribution is -2.29. The normalized spacial score (nSPS) is 14.7. The zero-order valence-electron chi connectivity index (χ0n) is 16.7. The first kappa shape index (κ1) is 22.4. The second-order valence-electron chi connectivity index (χ2n) is 5.59. The summed E-state index contributed by atoms with van der Waals surface area (Å²) < 4.78 is 25.9. The van der Waals surface area contributed by atoms with E-state index in [-0.39, 0.29) is 48.5 Å². The molecule has 0 saturated carbocycles. The maximum atomic E-state index is 12.5. The van der Waals surface area contributed by atoms with Crippen LogP contribution in [-0.4, -0.2) is 69.6 Å². The van der Waals surface area contributed by atoms with Gasteiger partial charge >= 0.3 is 11.9 Å². The van der Waals surface area contributed by atoms with Crippen molar-refractivity contribution < 1.29 is 38.1 Å². The van der Waals surface area contributed by atoms with Gasteiger partial charge in [0, 0.05) is 0 Å². The number of amides is 1. The van der Waals surface area contributed by atoms with Crippen LogP contribution in [0.3, 0.4) is 0 Å². The third-order valence-corrected chi connectivity index (χ3v) is 4.94. The number of hydrogen-bond acceptors (Lipinski definition) is 9. The molecule has 0 N–H and O–H groups in total. The van der Waals surface area contributed by atoms with Gasteiger partial charge < -0.3 is 28.6 Å². The first-order chi connectivity index (χ1) is 14.0. The van der Waals surface area contributed by atoms with Crippen LogP contribution in [-0.2, 0) is 19.1 Å². The average Bonchev–Trinajstić information content (AvgIpc) is 3.05. The van der Waals surface area contributed by atoms with Gasteiger partial charge in [-0.25, -0.2) is 9.59 Å². The van der Waals surface area contributed by atoms with Gasteiger partial charge in [-0.2, -0.15) is 0 Å². The standard InChI is InChI=1S/C19H23NO8S/c1-5-27-16(22)10-15-20(14(21)11-29-15)8-9-28-19(23)12-6-7-13(24-2)18(26-4)17(12)25-3/h6-7,10H,5,8-9,11H2,1-4H3/b15-10-. The quantitative estimate of drug-likeness (QED) is 0.433. The highest BCUT2D eigenvalue weighted by molar-refractivity contribution is 8.04. The predicted molar refractivity (Wildman–Crippen MR) is 105 cm³/mol. The number of esters is 2. The monoisotopic (exact) mass is 425 g/mol. The number of methoxy groups -OCH3 is 3. The van der Waals surface area contributed by atoms with Crippen molar-refractivity contribution in [2.45, 2.75) is 6.92 Å². The molecule has 1 aliphatic heterocycles. The molecule has 0 spiro atoms. The van der Waals surface area contributed by atoms with Crippen molar-refractivity contribution in [3.8, 4) is 17.2 Å². The van der Waals surface area contributed by atoms with Gasteiger partial charge in [-0.15, -0.1) is 0 Å². The average molecular weight is 425 g/mol. The van der Waals surface area contributed by atoms with E-state index < -0.39 is 11.9 Å². The third-order valence-electron chi connectivity index (χ3n) is 3.91. The van der Waals surface area contributed by atoms with Crippen LogP contribution in [0.2, 0.25) is 0 Å². The number of ether oxygens (including phenoxy) is 5. The Balaban J connectivity index is 2.06. The van der Waals surface area contributed by atoms with Crippen molar-refractivity contribution in [2.24, 2.45) is 0 Å². The fourth-order valence-electron chi connectivity index (χ4n) is 2.62. The highest BCUT2D eigenvalue weighted by atomic mass is 32.2. The van der Waals surface area contributed by atoms with Crippen molar-refractivity contribution in [3.63, 3.8) is 0 Å². The van der Waals surface area contributed by atoms with E-state index in [0.717, 1.165) is 0 Å². The summed E-state index contributed by atoms with van der Waals surface area (Å²) in [6.45, 7) is 1.98. The first-order valence-electron chi connectivity index (χ1n) is 8.74. The molecule has 1 heterocycles. The molecule has 1 saturated heterocycles. The van der Waals surface area contributed by atoms with E-state index >= 15 is 0 Å². The van der Waals surface area contributed by atoms with Crippen LogP contribution in [0, 0.1) is 0 Å². The van der Waals surface area contributed by atoms with Crippen LogP contribution in [0.5, 0.6) is 17.2 Å². The Morgan fingerprint density at radius 1 is 1.10 bits per heavy atom. The van der Waals surface area contributed by atoms with Crippen molar-refractivity contribution in [3.05, 3.63) is 28.8 Å². The molecule has 0 radical (unpaired) electrons. The third kappa shape index (κ3) is 5.35. The van der Waals surface area contributed by atoms with Crippen molar-refractivity contribution >= 4 is 29.6 Å². The molecule has 10 heteroatoms. The van der Waals surface area contributed by atoms with E-state index in [2.05, 4.69) is 0 Å². The summed E-state index contributed by atoms with van der Waals surface area (Å²) in [5.41, 5.74) is 0.162. The molecule has 1 aliphatic rings. The summed E-state index contributed by atoms with van der Waals surface area (Å²) in [5.74, 6) is -0.259. The van der Waals surface area contributed by atoms with Gasteiger partial charge in [-0.1, -0.05) is 11.8 Å². The number of benzene rings is 1. The van der Waals surface area contributed by atoms with Gasteiger partial charge in [-0.05, 0) is 19.1 Å². The Labute approximate surface area is 172 Å². The zero-order chi connectivity index (χ0) is 21.4. The lowest BCUT2D eigenvalue weighted by molar-refractivity contribution is -0.137. The number of nitrogens with zero attached hydrogens (tertiary/aromatic N) is 1. The number of carbonyl (C=O) groups excluding carboxylic acids is 3. The molecule has 1 aromatic carbocycles. The summed E-state index contributed by atoms with van der Waals surface area (Å²) in [6.07, 6.45) is 1.26. The smallest absolute Gasteiger partial charge is 0.342 e. The highest BCUT2D eigenvalue weighted by Gasteiger charge is 2.28. The topological polar surface area (TPSA) is 101 Å². The molecular formula is C19H23NO8S. The van der Waals surface area contributed by atoms with Gasteiger partial charge in [0.2, 0.25) is 11.7 Å². The van der Waals surface area contributed by atoms with E-state index in [1.165, 1.54) is 50.1 Å². The molecular weight excluding hydrogens is 402 g/mol. The molecule has 0 aromatic heterocycles. The number of thioether (sulfide) groups is 1. The minimum absolute atomic E-state index is 0.0667. The van der Waals surface area contributed by atoms with Crippen molar-refractivity contribution in [2.75, 3.05) is 46.8 Å². The summed E-state index contributed by atoms with van der Waals surface area (Å²) in [5, 5.41) is 0.466. The van der Waals surface area contributed by atoms with Crippen LogP contribution >= 0.6 is 11.8 Å². The highest BCUT2D eigenvalue weighted by Crippen LogP contribution is 2.40. The number of hydrogen-bond donors (Lipinski definition) is 0. The van der Waals surface area contributed by atoms with Crippen LogP contribution in [0.4, 0.5) is 0 Å². The van der Waals surface area contributed by atoms with Gasteiger partial charge in [0.15, 0.2) is 11.5 Å². The van der Waals surface area contributed by atoms with Crippen LogP contribution in [0.1, 0.15) is 17.3 Å². The van der Waals surface area contributed by atoms with Crippen molar-refractivity contribution in [1.82, 2.24) is 4.90 Å². The van der Waals surface area contributed by atoms with Crippen LogP contribution in [0.25, 0.3) is 0 Å². The molecule has 2 rings (SSSR count). The minimum atomic E-state index is -0.641. The molecule has 0 bridgehead atoms. The maximum Gasteiger partial charge on any atom is 0.342 e. The molecule has 9 nitrogen and oxygen atoms in total. The molecule has 0 unspecified atom stereocenters. The van der Waals surface area contributed by atoms with Crippen LogP contribution < -0.4 is 14.2 Å². The summed E-state index contributed by atoms with van der Waals surface area (Å²) in [7, 11) is 4.31. The molecule has 158 valence electrons.